The minimum Gasteiger partial charge on any atom is -0.406 e. The summed E-state index contributed by atoms with van der Waals surface area (Å²) in [6.07, 6.45) is -0.183. The van der Waals surface area contributed by atoms with E-state index in [-0.39, 0.29) is 17.3 Å². The van der Waals surface area contributed by atoms with E-state index < -0.39 is 9.04 Å². The van der Waals surface area contributed by atoms with Crippen molar-refractivity contribution in [1.82, 2.24) is 5.16 Å². The molecule has 2 rings (SSSR count). The Labute approximate surface area is 137 Å². The zero-order valence-electron chi connectivity index (χ0n) is 13.4. The molecule has 1 heterocycles. The third-order valence-electron chi connectivity index (χ3n) is 3.13. The third-order valence-corrected chi connectivity index (χ3v) is 4.15. The quantitative estimate of drug-likeness (QED) is 0.690. The highest BCUT2D eigenvalue weighted by molar-refractivity contribution is 6.48. The third kappa shape index (κ3) is 3.97. The number of aromatic nitrogens is 1. The minimum atomic E-state index is -0.895. The molecule has 6 heteroatoms. The maximum absolute atomic E-state index is 13.2. The largest absolute Gasteiger partial charge is 0.406 e. The summed E-state index contributed by atoms with van der Waals surface area (Å²) < 4.78 is 24.7. The Morgan fingerprint density at radius 2 is 1.95 bits per heavy atom. The molecule has 1 aromatic heterocycles. The summed E-state index contributed by atoms with van der Waals surface area (Å²) in [5.74, 6) is 0.284. The van der Waals surface area contributed by atoms with Crippen LogP contribution in [0.1, 0.15) is 32.6 Å². The van der Waals surface area contributed by atoms with E-state index >= 15 is 0 Å². The molecule has 0 N–H and O–H groups in total. The fourth-order valence-electron chi connectivity index (χ4n) is 2.13. The van der Waals surface area contributed by atoms with Gasteiger partial charge in [-0.2, -0.15) is 0 Å². The Kier molecular flexibility index (Phi) is 5.09. The van der Waals surface area contributed by atoms with Crippen molar-refractivity contribution in [3.05, 3.63) is 40.9 Å². The Morgan fingerprint density at radius 1 is 1.27 bits per heavy atom. The molecule has 0 aliphatic rings. The fraction of sp³-hybridized carbons (Fsp3) is 0.438. The molecule has 1 unspecified atom stereocenters. The summed E-state index contributed by atoms with van der Waals surface area (Å²) in [6.45, 7) is 10.4. The second-order valence-corrected chi connectivity index (χ2v) is 8.97. The lowest BCUT2D eigenvalue weighted by Gasteiger charge is -2.30. The number of nitrogens with zero attached hydrogens (tertiary/aromatic N) is 1. The Hall–Kier alpha value is -1.17. The zero-order chi connectivity index (χ0) is 16.5. The van der Waals surface area contributed by atoms with Crippen molar-refractivity contribution in [2.24, 2.45) is 5.41 Å². The predicted molar refractivity (Wildman–Crippen MR) is 87.7 cm³/mol. The maximum atomic E-state index is 13.2. The summed E-state index contributed by atoms with van der Waals surface area (Å²) in [5.41, 5.74) is 1.11. The first kappa shape index (κ1) is 17.2. The van der Waals surface area contributed by atoms with Gasteiger partial charge in [-0.3, -0.25) is 0 Å². The van der Waals surface area contributed by atoms with Crippen LogP contribution in [0.4, 0.5) is 4.39 Å². The van der Waals surface area contributed by atoms with Crippen LogP contribution in [-0.4, -0.2) is 14.2 Å². The fourth-order valence-corrected chi connectivity index (χ4v) is 3.34. The summed E-state index contributed by atoms with van der Waals surface area (Å²) in [6, 6.07) is 6.04. The number of hydrogen-bond donors (Lipinski definition) is 0. The first-order chi connectivity index (χ1) is 10.2. The standard InChI is InChI=1S/C16H20ClFNO2Si/c1-16(2,3)15(21-22(4)5)14-9-13(19-20-14)11-7-6-10(18)8-12(11)17/h6-9,15H,1-5H3. The van der Waals surface area contributed by atoms with Crippen LogP contribution in [0.3, 0.4) is 0 Å². The number of halogens is 2. The molecule has 119 valence electrons. The van der Waals surface area contributed by atoms with E-state index in [1.807, 2.05) is 6.07 Å². The molecule has 3 nitrogen and oxygen atoms in total. The lowest BCUT2D eigenvalue weighted by atomic mass is 9.87. The summed E-state index contributed by atoms with van der Waals surface area (Å²) in [4.78, 5) is 0. The van der Waals surface area contributed by atoms with Crippen LogP contribution in [0.5, 0.6) is 0 Å². The first-order valence-electron chi connectivity index (χ1n) is 7.07. The molecule has 0 saturated heterocycles. The Bertz CT molecular complexity index is 652. The SMILES string of the molecule is C[Si](C)OC(c1cc(-c2ccc(F)cc2Cl)no1)C(C)(C)C. The molecule has 1 aromatic carbocycles. The van der Waals surface area contributed by atoms with E-state index in [1.165, 1.54) is 12.1 Å². The van der Waals surface area contributed by atoms with E-state index in [1.54, 1.807) is 6.07 Å². The molecule has 2 aromatic rings. The first-order valence-corrected chi connectivity index (χ1v) is 9.86. The normalized spacial score (nSPS) is 13.6. The Morgan fingerprint density at radius 3 is 2.50 bits per heavy atom. The van der Waals surface area contributed by atoms with Crippen LogP contribution in [-0.2, 0) is 4.43 Å². The zero-order valence-corrected chi connectivity index (χ0v) is 15.2. The molecule has 0 bridgehead atoms. The van der Waals surface area contributed by atoms with Gasteiger partial charge in [-0.05, 0) is 36.7 Å². The van der Waals surface area contributed by atoms with E-state index in [9.17, 15) is 4.39 Å². The van der Waals surface area contributed by atoms with Crippen LogP contribution in [0.25, 0.3) is 11.3 Å². The van der Waals surface area contributed by atoms with E-state index in [4.69, 9.17) is 20.6 Å². The molecular formula is C16H20ClFNO2Si. The van der Waals surface area contributed by atoms with Crippen molar-refractivity contribution in [1.29, 1.82) is 0 Å². The predicted octanol–water partition coefficient (Wildman–Crippen LogP) is 5.49. The molecule has 0 saturated carbocycles. The van der Waals surface area contributed by atoms with Crippen molar-refractivity contribution in [3.8, 4) is 11.3 Å². The highest BCUT2D eigenvalue weighted by Gasteiger charge is 2.32. The number of rotatable bonds is 4. The number of hydrogen-bond acceptors (Lipinski definition) is 3. The average molecular weight is 341 g/mol. The van der Waals surface area contributed by atoms with E-state index in [0.717, 1.165) is 0 Å². The van der Waals surface area contributed by atoms with Crippen molar-refractivity contribution in [2.45, 2.75) is 40.0 Å². The molecule has 0 spiro atoms. The molecule has 0 amide bonds. The monoisotopic (exact) mass is 340 g/mol. The summed E-state index contributed by atoms with van der Waals surface area (Å²) in [7, 11) is -0.895. The van der Waals surface area contributed by atoms with Gasteiger partial charge >= 0.3 is 0 Å². The smallest absolute Gasteiger partial charge is 0.206 e. The van der Waals surface area contributed by atoms with Gasteiger partial charge in [0.1, 0.15) is 17.6 Å². The van der Waals surface area contributed by atoms with Crippen LogP contribution in [0.2, 0.25) is 18.1 Å². The van der Waals surface area contributed by atoms with Gasteiger partial charge < -0.3 is 8.95 Å². The lowest BCUT2D eigenvalue weighted by Crippen LogP contribution is -2.25. The number of benzene rings is 1. The minimum absolute atomic E-state index is 0.120. The second-order valence-electron chi connectivity index (χ2n) is 6.51. The molecule has 0 fully saturated rings. The van der Waals surface area contributed by atoms with Crippen LogP contribution in [0, 0.1) is 11.2 Å². The van der Waals surface area contributed by atoms with Gasteiger partial charge in [0, 0.05) is 11.6 Å². The van der Waals surface area contributed by atoms with Gasteiger partial charge in [-0.1, -0.05) is 37.5 Å². The van der Waals surface area contributed by atoms with Gasteiger partial charge in [0.05, 0.1) is 5.02 Å². The summed E-state index contributed by atoms with van der Waals surface area (Å²) >= 11 is 6.08. The van der Waals surface area contributed by atoms with Crippen molar-refractivity contribution >= 4 is 20.6 Å². The average Bonchev–Trinajstić information content (AvgIpc) is 2.83. The lowest BCUT2D eigenvalue weighted by molar-refractivity contribution is 0.0604. The highest BCUT2D eigenvalue weighted by atomic mass is 35.5. The molecule has 1 atom stereocenters. The van der Waals surface area contributed by atoms with Gasteiger partial charge in [0.15, 0.2) is 5.76 Å². The molecule has 1 radical (unpaired) electrons. The van der Waals surface area contributed by atoms with Crippen molar-refractivity contribution in [2.75, 3.05) is 0 Å². The van der Waals surface area contributed by atoms with E-state index in [0.29, 0.717) is 22.0 Å². The topological polar surface area (TPSA) is 35.3 Å². The molecule has 0 aliphatic heterocycles. The van der Waals surface area contributed by atoms with Gasteiger partial charge in [0.2, 0.25) is 9.04 Å². The molecule has 0 aliphatic carbocycles. The highest BCUT2D eigenvalue weighted by Crippen LogP contribution is 2.38. The van der Waals surface area contributed by atoms with Crippen molar-refractivity contribution in [3.63, 3.8) is 0 Å². The van der Waals surface area contributed by atoms with Gasteiger partial charge in [-0.25, -0.2) is 4.39 Å². The van der Waals surface area contributed by atoms with Crippen LogP contribution < -0.4 is 0 Å². The van der Waals surface area contributed by atoms with E-state index in [2.05, 4.69) is 39.0 Å². The van der Waals surface area contributed by atoms with Crippen molar-refractivity contribution < 1.29 is 13.3 Å². The van der Waals surface area contributed by atoms with Crippen LogP contribution >= 0.6 is 11.6 Å². The summed E-state index contributed by atoms with van der Waals surface area (Å²) in [5, 5.41) is 4.38. The van der Waals surface area contributed by atoms with Crippen LogP contribution in [0.15, 0.2) is 28.8 Å². The van der Waals surface area contributed by atoms with Gasteiger partial charge in [0.25, 0.3) is 0 Å². The molecule has 22 heavy (non-hydrogen) atoms. The maximum Gasteiger partial charge on any atom is 0.206 e. The Balaban J connectivity index is 2.36. The second kappa shape index (κ2) is 6.52. The molecular weight excluding hydrogens is 321 g/mol. The van der Waals surface area contributed by atoms with Gasteiger partial charge in [-0.15, -0.1) is 0 Å².